The van der Waals surface area contributed by atoms with Crippen LogP contribution >= 0.6 is 0 Å². The van der Waals surface area contributed by atoms with E-state index in [0.29, 0.717) is 55.0 Å². The van der Waals surface area contributed by atoms with Crippen molar-refractivity contribution in [3.63, 3.8) is 0 Å². The van der Waals surface area contributed by atoms with Crippen LogP contribution in [0, 0.1) is 0 Å². The number of carboxylic acids is 1. The first-order valence-corrected chi connectivity index (χ1v) is 19.1. The van der Waals surface area contributed by atoms with Gasteiger partial charge in [0, 0.05) is 41.7 Å². The predicted molar refractivity (Wildman–Crippen MR) is 208 cm³/mol. The Morgan fingerprint density at radius 2 is 1.63 bits per heavy atom. The molecule has 2 saturated carbocycles. The number of carbonyl (C=O) groups is 5. The SMILES string of the molecule is O=C(O)C=Cc1ccc(NC(=O)C2(NC(=O)c3ccc4c(C5CCCCC5)c(-c5ccccc5)n(CC(=O)NCC5CCC(=O)N5)c4c3)CCCC2)cc1. The average Bonchev–Trinajstić information content (AvgIpc) is 3.92. The van der Waals surface area contributed by atoms with Gasteiger partial charge in [-0.3, -0.25) is 19.2 Å². The molecule has 4 amide bonds. The molecular formula is C43H47N5O6. The summed E-state index contributed by atoms with van der Waals surface area (Å²) in [6.45, 7) is 0.389. The van der Waals surface area contributed by atoms with Crippen LogP contribution in [0.15, 0.2) is 78.9 Å². The Morgan fingerprint density at radius 3 is 2.31 bits per heavy atom. The molecular weight excluding hydrogens is 683 g/mol. The van der Waals surface area contributed by atoms with Gasteiger partial charge in [0.2, 0.25) is 17.7 Å². The van der Waals surface area contributed by atoms with Crippen LogP contribution in [-0.2, 0) is 25.7 Å². The smallest absolute Gasteiger partial charge is 0.328 e. The third-order valence-corrected chi connectivity index (χ3v) is 11.2. The van der Waals surface area contributed by atoms with Crippen molar-refractivity contribution in [3.05, 3.63) is 95.6 Å². The van der Waals surface area contributed by atoms with Crippen molar-refractivity contribution < 1.29 is 29.1 Å². The lowest BCUT2D eigenvalue weighted by atomic mass is 9.81. The van der Waals surface area contributed by atoms with E-state index < -0.39 is 11.5 Å². The van der Waals surface area contributed by atoms with Crippen LogP contribution in [0.3, 0.4) is 0 Å². The van der Waals surface area contributed by atoms with E-state index in [2.05, 4.69) is 33.4 Å². The minimum Gasteiger partial charge on any atom is -0.478 e. The van der Waals surface area contributed by atoms with Gasteiger partial charge in [0.25, 0.3) is 5.91 Å². The number of fused-ring (bicyclic) bond motifs is 1. The quantitative estimate of drug-likeness (QED) is 0.104. The number of amides is 4. The lowest BCUT2D eigenvalue weighted by molar-refractivity contribution is -0.131. The summed E-state index contributed by atoms with van der Waals surface area (Å²) < 4.78 is 2.04. The number of rotatable bonds is 12. The van der Waals surface area contributed by atoms with Gasteiger partial charge < -0.3 is 30.9 Å². The van der Waals surface area contributed by atoms with Gasteiger partial charge in [-0.05, 0) is 85.1 Å². The van der Waals surface area contributed by atoms with Crippen LogP contribution in [-0.4, -0.2) is 57.4 Å². The molecule has 2 heterocycles. The molecule has 3 aliphatic rings. The molecule has 1 atom stereocenters. The molecule has 1 aliphatic heterocycles. The van der Waals surface area contributed by atoms with Gasteiger partial charge in [0.1, 0.15) is 12.1 Å². The first-order valence-electron chi connectivity index (χ1n) is 19.1. The first-order chi connectivity index (χ1) is 26.2. The van der Waals surface area contributed by atoms with Gasteiger partial charge in [0.15, 0.2) is 0 Å². The summed E-state index contributed by atoms with van der Waals surface area (Å²) in [6, 6.07) is 22.6. The Morgan fingerprint density at radius 1 is 0.889 bits per heavy atom. The number of hydrogen-bond donors (Lipinski definition) is 5. The second kappa shape index (κ2) is 16.1. The fourth-order valence-corrected chi connectivity index (χ4v) is 8.43. The van der Waals surface area contributed by atoms with Crippen LogP contribution in [0.25, 0.3) is 28.2 Å². The van der Waals surface area contributed by atoms with E-state index in [1.807, 2.05) is 41.0 Å². The van der Waals surface area contributed by atoms with Gasteiger partial charge in [0.05, 0.1) is 11.2 Å². The van der Waals surface area contributed by atoms with Crippen molar-refractivity contribution in [1.82, 2.24) is 20.5 Å². The maximum Gasteiger partial charge on any atom is 0.328 e. The Hall–Kier alpha value is -5.71. The zero-order valence-corrected chi connectivity index (χ0v) is 30.4. The molecule has 4 aromatic rings. The third-order valence-electron chi connectivity index (χ3n) is 11.2. The number of aliphatic carboxylic acids is 1. The molecule has 11 heteroatoms. The van der Waals surface area contributed by atoms with Gasteiger partial charge in [-0.15, -0.1) is 0 Å². The van der Waals surface area contributed by atoms with Crippen molar-refractivity contribution in [3.8, 4) is 11.3 Å². The summed E-state index contributed by atoms with van der Waals surface area (Å²) in [4.78, 5) is 64.4. The van der Waals surface area contributed by atoms with Gasteiger partial charge in [-0.2, -0.15) is 0 Å². The number of benzene rings is 3. The molecule has 3 aromatic carbocycles. The van der Waals surface area contributed by atoms with Crippen molar-refractivity contribution >= 4 is 52.3 Å². The fourth-order valence-electron chi connectivity index (χ4n) is 8.43. The van der Waals surface area contributed by atoms with E-state index in [0.717, 1.165) is 66.8 Å². The second-order valence-electron chi connectivity index (χ2n) is 14.9. The minimum atomic E-state index is -1.10. The van der Waals surface area contributed by atoms with Crippen LogP contribution < -0.4 is 21.3 Å². The maximum atomic E-state index is 14.2. The summed E-state index contributed by atoms with van der Waals surface area (Å²) in [5.74, 6) is -1.58. The van der Waals surface area contributed by atoms with E-state index in [9.17, 15) is 24.0 Å². The number of hydrogen-bond acceptors (Lipinski definition) is 5. The van der Waals surface area contributed by atoms with Crippen LogP contribution in [0.2, 0.25) is 0 Å². The van der Waals surface area contributed by atoms with Crippen LogP contribution in [0.4, 0.5) is 5.69 Å². The first kappa shape index (κ1) is 36.6. The topological polar surface area (TPSA) is 159 Å². The molecule has 1 unspecified atom stereocenters. The molecule has 1 aromatic heterocycles. The largest absolute Gasteiger partial charge is 0.478 e. The lowest BCUT2D eigenvalue weighted by Crippen LogP contribution is -2.55. The van der Waals surface area contributed by atoms with Crippen molar-refractivity contribution in [2.75, 3.05) is 11.9 Å². The Bertz CT molecular complexity index is 2070. The minimum absolute atomic E-state index is 0.00177. The Kier molecular flexibility index (Phi) is 10.9. The summed E-state index contributed by atoms with van der Waals surface area (Å²) in [5, 5.41) is 22.0. The molecule has 54 heavy (non-hydrogen) atoms. The highest BCUT2D eigenvalue weighted by Gasteiger charge is 2.43. The third kappa shape index (κ3) is 8.10. The van der Waals surface area contributed by atoms with Crippen molar-refractivity contribution in [2.24, 2.45) is 0 Å². The Balaban J connectivity index is 1.20. The number of nitrogens with zero attached hydrogens (tertiary/aromatic N) is 1. The fraction of sp³-hybridized carbons (Fsp3) is 0.372. The molecule has 3 fully saturated rings. The van der Waals surface area contributed by atoms with Gasteiger partial charge >= 0.3 is 5.97 Å². The lowest BCUT2D eigenvalue weighted by Gasteiger charge is -2.29. The van der Waals surface area contributed by atoms with E-state index in [-0.39, 0.29) is 36.2 Å². The summed E-state index contributed by atoms with van der Waals surface area (Å²) in [5.41, 5.74) is 4.50. The van der Waals surface area contributed by atoms with Gasteiger partial charge in [-0.25, -0.2) is 4.79 Å². The molecule has 11 nitrogen and oxygen atoms in total. The van der Waals surface area contributed by atoms with Crippen molar-refractivity contribution in [1.29, 1.82) is 0 Å². The maximum absolute atomic E-state index is 14.2. The predicted octanol–water partition coefficient (Wildman–Crippen LogP) is 6.53. The van der Waals surface area contributed by atoms with Gasteiger partial charge in [-0.1, -0.05) is 80.6 Å². The molecule has 280 valence electrons. The van der Waals surface area contributed by atoms with E-state index in [1.54, 1.807) is 24.3 Å². The average molecular weight is 730 g/mol. The molecule has 0 radical (unpaired) electrons. The Labute approximate surface area is 314 Å². The second-order valence-corrected chi connectivity index (χ2v) is 14.9. The molecule has 5 N–H and O–H groups in total. The molecule has 0 spiro atoms. The highest BCUT2D eigenvalue weighted by Crippen LogP contribution is 2.44. The number of carbonyl (C=O) groups excluding carboxylic acids is 4. The highest BCUT2D eigenvalue weighted by molar-refractivity contribution is 6.06. The van der Waals surface area contributed by atoms with Crippen LogP contribution in [0.1, 0.15) is 98.0 Å². The number of aromatic nitrogens is 1. The molecule has 7 rings (SSSR count). The summed E-state index contributed by atoms with van der Waals surface area (Å²) in [6.07, 6.45) is 11.8. The standard InChI is InChI=1S/C43H47N5O6/c49-36-21-19-33(45-36)26-44-37(50)27-48-35-25-31(16-20-34(35)39(29-9-3-1-4-10-29)40(48)30-11-5-2-6-12-30)41(53)47-43(23-7-8-24-43)42(54)46-32-17-13-28(14-18-32)15-22-38(51)52/h2,5-6,11-18,20,22,25,29,33H,1,3-4,7-10,19,21,23-24,26-27H2,(H,44,50)(H,45,49)(H,46,54)(H,47,53)(H,51,52). The normalized spacial score (nSPS) is 18.4. The molecule has 1 saturated heterocycles. The van der Waals surface area contributed by atoms with Crippen molar-refractivity contribution in [2.45, 2.75) is 94.7 Å². The molecule has 0 bridgehead atoms. The van der Waals surface area contributed by atoms with E-state index in [4.69, 9.17) is 5.11 Å². The van der Waals surface area contributed by atoms with E-state index >= 15 is 0 Å². The zero-order chi connectivity index (χ0) is 37.7. The number of anilines is 1. The summed E-state index contributed by atoms with van der Waals surface area (Å²) >= 11 is 0. The zero-order valence-electron chi connectivity index (χ0n) is 30.4. The van der Waals surface area contributed by atoms with Crippen LogP contribution in [0.5, 0.6) is 0 Å². The number of carboxylic acid groups (broad SMARTS) is 1. The monoisotopic (exact) mass is 729 g/mol. The highest BCUT2D eigenvalue weighted by atomic mass is 16.4. The molecule has 2 aliphatic carbocycles. The number of nitrogens with one attached hydrogen (secondary N) is 4. The summed E-state index contributed by atoms with van der Waals surface area (Å²) in [7, 11) is 0. The van der Waals surface area contributed by atoms with E-state index in [1.165, 1.54) is 18.1 Å².